The Bertz CT molecular complexity index is 506. The molecular formula is C12H10BrFN2O. The molecule has 2 rings (SSSR count). The molecule has 1 amide bonds. The fraction of sp³-hybridized carbons (Fsp3) is 0.333. The van der Waals surface area contributed by atoms with E-state index in [0.29, 0.717) is 18.4 Å². The Morgan fingerprint density at radius 1 is 1.53 bits per heavy atom. The van der Waals surface area contributed by atoms with Crippen LogP contribution in [0, 0.1) is 17.1 Å². The minimum Gasteiger partial charge on any atom is -0.334 e. The van der Waals surface area contributed by atoms with Crippen molar-refractivity contribution in [3.05, 3.63) is 34.1 Å². The van der Waals surface area contributed by atoms with Crippen molar-refractivity contribution >= 4 is 21.8 Å². The molecule has 1 saturated carbocycles. The van der Waals surface area contributed by atoms with Crippen LogP contribution in [0.3, 0.4) is 0 Å². The smallest absolute Gasteiger partial charge is 0.252 e. The highest BCUT2D eigenvalue weighted by Gasteiger charge is 2.38. The first-order valence-electron chi connectivity index (χ1n) is 5.25. The molecule has 0 aliphatic heterocycles. The molecule has 1 N–H and O–H groups in total. The Hall–Kier alpha value is -1.41. The molecule has 1 aromatic rings. The van der Waals surface area contributed by atoms with E-state index in [1.54, 1.807) is 0 Å². The van der Waals surface area contributed by atoms with E-state index in [2.05, 4.69) is 27.3 Å². The number of halogens is 2. The van der Waals surface area contributed by atoms with E-state index in [0.717, 1.165) is 6.42 Å². The van der Waals surface area contributed by atoms with Crippen LogP contribution in [0.5, 0.6) is 0 Å². The van der Waals surface area contributed by atoms with Gasteiger partial charge in [0.15, 0.2) is 0 Å². The van der Waals surface area contributed by atoms with Gasteiger partial charge in [-0.3, -0.25) is 4.79 Å². The summed E-state index contributed by atoms with van der Waals surface area (Å²) in [6.45, 7) is 0. The van der Waals surface area contributed by atoms with Gasteiger partial charge in [0.2, 0.25) is 0 Å². The molecule has 17 heavy (non-hydrogen) atoms. The average Bonchev–Trinajstić information content (AvgIpc) is 2.27. The van der Waals surface area contributed by atoms with Gasteiger partial charge in [0, 0.05) is 5.56 Å². The summed E-state index contributed by atoms with van der Waals surface area (Å²) in [7, 11) is 0. The van der Waals surface area contributed by atoms with Crippen molar-refractivity contribution in [3.63, 3.8) is 0 Å². The summed E-state index contributed by atoms with van der Waals surface area (Å²) >= 11 is 3.02. The van der Waals surface area contributed by atoms with Gasteiger partial charge in [-0.05, 0) is 53.4 Å². The molecule has 0 bridgehead atoms. The lowest BCUT2D eigenvalue weighted by molar-refractivity contribution is 0.0881. The number of carbonyl (C=O) groups is 1. The highest BCUT2D eigenvalue weighted by molar-refractivity contribution is 9.10. The Morgan fingerprint density at radius 2 is 2.24 bits per heavy atom. The molecule has 0 unspecified atom stereocenters. The number of nitriles is 1. The molecule has 1 aliphatic rings. The molecule has 0 atom stereocenters. The lowest BCUT2D eigenvalue weighted by Gasteiger charge is -2.35. The van der Waals surface area contributed by atoms with E-state index < -0.39 is 11.4 Å². The van der Waals surface area contributed by atoms with Gasteiger partial charge in [-0.25, -0.2) is 4.39 Å². The van der Waals surface area contributed by atoms with Crippen LogP contribution in [0.2, 0.25) is 0 Å². The molecule has 88 valence electrons. The van der Waals surface area contributed by atoms with E-state index in [1.165, 1.54) is 18.2 Å². The maximum absolute atomic E-state index is 13.0. The van der Waals surface area contributed by atoms with Crippen molar-refractivity contribution in [3.8, 4) is 6.07 Å². The van der Waals surface area contributed by atoms with Gasteiger partial charge in [-0.2, -0.15) is 5.26 Å². The SMILES string of the molecule is N#CC1(NC(=O)c2ccc(F)c(Br)c2)CCC1. The minimum absolute atomic E-state index is 0.241. The maximum Gasteiger partial charge on any atom is 0.252 e. The van der Waals surface area contributed by atoms with Crippen LogP contribution in [0.25, 0.3) is 0 Å². The molecule has 0 heterocycles. The first kappa shape index (κ1) is 12.1. The molecule has 0 radical (unpaired) electrons. The van der Waals surface area contributed by atoms with Crippen molar-refractivity contribution in [1.82, 2.24) is 5.32 Å². The van der Waals surface area contributed by atoms with Crippen LogP contribution in [0.4, 0.5) is 4.39 Å². The third-order valence-corrected chi connectivity index (χ3v) is 3.56. The molecule has 5 heteroatoms. The van der Waals surface area contributed by atoms with Crippen molar-refractivity contribution < 1.29 is 9.18 Å². The van der Waals surface area contributed by atoms with Gasteiger partial charge < -0.3 is 5.32 Å². The number of rotatable bonds is 2. The largest absolute Gasteiger partial charge is 0.334 e. The van der Waals surface area contributed by atoms with E-state index >= 15 is 0 Å². The molecular weight excluding hydrogens is 287 g/mol. The summed E-state index contributed by atoms with van der Waals surface area (Å²) in [4.78, 5) is 11.9. The number of hydrogen-bond donors (Lipinski definition) is 1. The molecule has 1 aromatic carbocycles. The number of nitrogens with zero attached hydrogens (tertiary/aromatic N) is 1. The van der Waals surface area contributed by atoms with Crippen LogP contribution in [-0.2, 0) is 0 Å². The highest BCUT2D eigenvalue weighted by Crippen LogP contribution is 2.31. The van der Waals surface area contributed by atoms with Crippen LogP contribution >= 0.6 is 15.9 Å². The Balaban J connectivity index is 2.15. The minimum atomic E-state index is -0.724. The summed E-state index contributed by atoms with van der Waals surface area (Å²) < 4.78 is 13.3. The van der Waals surface area contributed by atoms with E-state index in [1.807, 2.05) is 0 Å². The second-order valence-corrected chi connectivity index (χ2v) is 4.98. The van der Waals surface area contributed by atoms with Crippen LogP contribution < -0.4 is 5.32 Å². The second kappa shape index (κ2) is 4.46. The van der Waals surface area contributed by atoms with Crippen LogP contribution in [0.15, 0.2) is 22.7 Å². The molecule has 0 aromatic heterocycles. The summed E-state index contributed by atoms with van der Waals surface area (Å²) in [6, 6.07) is 6.16. The first-order valence-corrected chi connectivity index (χ1v) is 6.04. The van der Waals surface area contributed by atoms with E-state index in [9.17, 15) is 9.18 Å². The normalized spacial score (nSPS) is 16.8. The van der Waals surface area contributed by atoms with Gasteiger partial charge in [-0.1, -0.05) is 0 Å². The molecule has 3 nitrogen and oxygen atoms in total. The Morgan fingerprint density at radius 3 is 2.71 bits per heavy atom. The fourth-order valence-corrected chi connectivity index (χ4v) is 2.10. The predicted molar refractivity (Wildman–Crippen MR) is 63.8 cm³/mol. The van der Waals surface area contributed by atoms with Gasteiger partial charge in [0.05, 0.1) is 10.5 Å². The van der Waals surface area contributed by atoms with Crippen LogP contribution in [0.1, 0.15) is 29.6 Å². The number of nitrogens with one attached hydrogen (secondary N) is 1. The average molecular weight is 297 g/mol. The molecule has 0 spiro atoms. The summed E-state index contributed by atoms with van der Waals surface area (Å²) in [5, 5.41) is 11.7. The van der Waals surface area contributed by atoms with Gasteiger partial charge in [0.25, 0.3) is 5.91 Å². The summed E-state index contributed by atoms with van der Waals surface area (Å²) in [5.74, 6) is -0.757. The van der Waals surface area contributed by atoms with Crippen molar-refractivity contribution in [1.29, 1.82) is 5.26 Å². The Labute approximate surface area is 107 Å². The van der Waals surface area contributed by atoms with Crippen molar-refractivity contribution in [2.45, 2.75) is 24.8 Å². The lowest BCUT2D eigenvalue weighted by atomic mass is 9.78. The maximum atomic E-state index is 13.0. The monoisotopic (exact) mass is 296 g/mol. The molecule has 0 saturated heterocycles. The predicted octanol–water partition coefficient (Wildman–Crippen LogP) is 2.76. The van der Waals surface area contributed by atoms with Crippen molar-refractivity contribution in [2.24, 2.45) is 0 Å². The number of carbonyl (C=O) groups excluding carboxylic acids is 1. The standard InChI is InChI=1S/C12H10BrFN2O/c13-9-6-8(2-3-10(9)14)11(17)16-12(7-15)4-1-5-12/h2-3,6H,1,4-5H2,(H,16,17). The first-order chi connectivity index (χ1) is 8.06. The topological polar surface area (TPSA) is 52.9 Å². The number of amides is 1. The summed E-state index contributed by atoms with van der Waals surface area (Å²) in [6.07, 6.45) is 2.30. The van der Waals surface area contributed by atoms with Gasteiger partial charge >= 0.3 is 0 Å². The third-order valence-electron chi connectivity index (χ3n) is 2.96. The zero-order valence-corrected chi connectivity index (χ0v) is 10.6. The fourth-order valence-electron chi connectivity index (χ4n) is 1.72. The van der Waals surface area contributed by atoms with E-state index in [-0.39, 0.29) is 10.4 Å². The summed E-state index contributed by atoms with van der Waals surface area (Å²) in [5.41, 5.74) is -0.377. The van der Waals surface area contributed by atoms with Crippen LogP contribution in [-0.4, -0.2) is 11.4 Å². The quantitative estimate of drug-likeness (QED) is 0.912. The zero-order valence-electron chi connectivity index (χ0n) is 8.96. The number of benzene rings is 1. The molecule has 1 aliphatic carbocycles. The number of hydrogen-bond acceptors (Lipinski definition) is 2. The second-order valence-electron chi connectivity index (χ2n) is 4.13. The zero-order chi connectivity index (χ0) is 12.5. The molecule has 1 fully saturated rings. The lowest BCUT2D eigenvalue weighted by Crippen LogP contribution is -2.52. The van der Waals surface area contributed by atoms with E-state index in [4.69, 9.17) is 5.26 Å². The van der Waals surface area contributed by atoms with Gasteiger partial charge in [-0.15, -0.1) is 0 Å². The Kier molecular flexibility index (Phi) is 3.16. The highest BCUT2D eigenvalue weighted by atomic mass is 79.9. The van der Waals surface area contributed by atoms with Gasteiger partial charge in [0.1, 0.15) is 11.4 Å². The third kappa shape index (κ3) is 2.32. The van der Waals surface area contributed by atoms with Crippen molar-refractivity contribution in [2.75, 3.05) is 0 Å².